The lowest BCUT2D eigenvalue weighted by Gasteiger charge is -2.14. The van der Waals surface area contributed by atoms with E-state index in [0.717, 1.165) is 0 Å². The number of hydrogen-bond acceptors (Lipinski definition) is 3. The minimum absolute atomic E-state index is 0.128. The largest absolute Gasteiger partial charge is 0.496 e. The molecule has 1 atom stereocenters. The summed E-state index contributed by atoms with van der Waals surface area (Å²) < 4.78 is 5.13. The molecule has 0 aliphatic rings. The highest BCUT2D eigenvalue weighted by Crippen LogP contribution is 2.30. The van der Waals surface area contributed by atoms with Gasteiger partial charge in [-0.1, -0.05) is 24.6 Å². The van der Waals surface area contributed by atoms with Crippen molar-refractivity contribution in [1.82, 2.24) is 0 Å². The van der Waals surface area contributed by atoms with Gasteiger partial charge in [0.15, 0.2) is 5.78 Å². The summed E-state index contributed by atoms with van der Waals surface area (Å²) in [7, 11) is 1.49. The maximum Gasteiger partial charge on any atom is 0.172 e. The van der Waals surface area contributed by atoms with Gasteiger partial charge in [-0.05, 0) is 18.6 Å². The predicted octanol–water partition coefficient (Wildman–Crippen LogP) is 3.47. The average molecular weight is 252 g/mol. The van der Waals surface area contributed by atoms with E-state index in [1.54, 1.807) is 18.2 Å². The quantitative estimate of drug-likeness (QED) is 0.753. The first-order chi connectivity index (χ1) is 8.15. The number of methoxy groups -OCH3 is 1. The van der Waals surface area contributed by atoms with Crippen LogP contribution < -0.4 is 4.74 Å². The summed E-state index contributed by atoms with van der Waals surface area (Å²) in [4.78, 5) is 12.3. The molecule has 0 heterocycles. The molecule has 0 bridgehead atoms. The standard InChI is InChI=1S/C13H14ClNO2/c1-3-9(7-8-15)13(16)12-10(14)5-4-6-11(12)17-2/h4-6,9H,3,7H2,1-2H3. The van der Waals surface area contributed by atoms with E-state index in [1.807, 2.05) is 13.0 Å². The zero-order chi connectivity index (χ0) is 12.8. The highest BCUT2D eigenvalue weighted by molar-refractivity contribution is 6.34. The van der Waals surface area contributed by atoms with Crippen molar-refractivity contribution in [3.05, 3.63) is 28.8 Å². The lowest BCUT2D eigenvalue weighted by Crippen LogP contribution is -2.15. The number of ether oxygens (including phenoxy) is 1. The molecule has 1 rings (SSSR count). The van der Waals surface area contributed by atoms with E-state index in [4.69, 9.17) is 21.6 Å². The molecule has 1 unspecified atom stereocenters. The number of rotatable bonds is 5. The number of Topliss-reactive ketones (excluding diaryl/α,β-unsaturated/α-hetero) is 1. The van der Waals surface area contributed by atoms with Gasteiger partial charge in [0.05, 0.1) is 23.8 Å². The van der Waals surface area contributed by atoms with Crippen molar-refractivity contribution in [3.63, 3.8) is 0 Å². The number of nitrogens with zero attached hydrogens (tertiary/aromatic N) is 1. The Morgan fingerprint density at radius 1 is 1.59 bits per heavy atom. The molecule has 0 fully saturated rings. The van der Waals surface area contributed by atoms with Crippen LogP contribution in [0.2, 0.25) is 5.02 Å². The molecule has 1 aromatic rings. The molecule has 0 saturated heterocycles. The molecule has 17 heavy (non-hydrogen) atoms. The van der Waals surface area contributed by atoms with Gasteiger partial charge >= 0.3 is 0 Å². The molecular weight excluding hydrogens is 238 g/mol. The van der Waals surface area contributed by atoms with Crippen LogP contribution in [-0.2, 0) is 0 Å². The van der Waals surface area contributed by atoms with Gasteiger partial charge in [-0.15, -0.1) is 0 Å². The van der Waals surface area contributed by atoms with Crippen molar-refractivity contribution < 1.29 is 9.53 Å². The predicted molar refractivity (Wildman–Crippen MR) is 66.3 cm³/mol. The molecule has 0 radical (unpaired) electrons. The maximum absolute atomic E-state index is 12.3. The Morgan fingerprint density at radius 3 is 2.82 bits per heavy atom. The molecule has 0 aromatic heterocycles. The third-order valence-electron chi connectivity index (χ3n) is 2.64. The molecular formula is C13H14ClNO2. The second kappa shape index (κ2) is 6.27. The van der Waals surface area contributed by atoms with Crippen LogP contribution in [0.15, 0.2) is 18.2 Å². The zero-order valence-corrected chi connectivity index (χ0v) is 10.6. The van der Waals surface area contributed by atoms with Crippen LogP contribution in [0, 0.1) is 17.2 Å². The number of benzene rings is 1. The molecule has 4 heteroatoms. The van der Waals surface area contributed by atoms with Gasteiger partial charge in [0.25, 0.3) is 0 Å². The Bertz CT molecular complexity index is 451. The van der Waals surface area contributed by atoms with Crippen LogP contribution in [0.3, 0.4) is 0 Å². The maximum atomic E-state index is 12.3. The molecule has 3 nitrogen and oxygen atoms in total. The van der Waals surface area contributed by atoms with Crippen molar-refractivity contribution in [3.8, 4) is 11.8 Å². The first-order valence-corrected chi connectivity index (χ1v) is 5.77. The fourth-order valence-corrected chi connectivity index (χ4v) is 1.91. The Hall–Kier alpha value is -1.53. The van der Waals surface area contributed by atoms with E-state index < -0.39 is 0 Å². The van der Waals surface area contributed by atoms with Gasteiger partial charge in [-0.2, -0.15) is 5.26 Å². The summed E-state index contributed by atoms with van der Waals surface area (Å²) in [5.41, 5.74) is 0.374. The first-order valence-electron chi connectivity index (χ1n) is 5.39. The topological polar surface area (TPSA) is 50.1 Å². The highest BCUT2D eigenvalue weighted by Gasteiger charge is 2.23. The number of halogens is 1. The monoisotopic (exact) mass is 251 g/mol. The van der Waals surface area contributed by atoms with Crippen LogP contribution in [0.4, 0.5) is 0 Å². The van der Waals surface area contributed by atoms with E-state index in [2.05, 4.69) is 0 Å². The SMILES string of the molecule is CCC(CC#N)C(=O)c1c(Cl)cccc1OC. The number of carbonyl (C=O) groups is 1. The van der Waals surface area contributed by atoms with Gasteiger partial charge in [0, 0.05) is 12.3 Å². The summed E-state index contributed by atoms with van der Waals surface area (Å²) in [6, 6.07) is 7.09. The first kappa shape index (κ1) is 13.5. The lowest BCUT2D eigenvalue weighted by molar-refractivity contribution is 0.0916. The van der Waals surface area contributed by atoms with Crippen LogP contribution in [0.1, 0.15) is 30.1 Å². The second-order valence-electron chi connectivity index (χ2n) is 3.65. The molecule has 0 N–H and O–H groups in total. The number of carbonyl (C=O) groups excluding carboxylic acids is 1. The van der Waals surface area contributed by atoms with Gasteiger partial charge in [0.1, 0.15) is 5.75 Å². The van der Waals surface area contributed by atoms with E-state index in [-0.39, 0.29) is 18.1 Å². The fraction of sp³-hybridized carbons (Fsp3) is 0.385. The summed E-state index contributed by atoms with van der Waals surface area (Å²) in [5.74, 6) is 0.00388. The molecule has 1 aromatic carbocycles. The zero-order valence-electron chi connectivity index (χ0n) is 9.87. The van der Waals surface area contributed by atoms with E-state index in [9.17, 15) is 4.79 Å². The third-order valence-corrected chi connectivity index (χ3v) is 2.96. The number of ketones is 1. The minimum Gasteiger partial charge on any atom is -0.496 e. The minimum atomic E-state index is -0.325. The Balaban J connectivity index is 3.15. The molecule has 0 aliphatic carbocycles. The normalized spacial score (nSPS) is 11.6. The van der Waals surface area contributed by atoms with Crippen molar-refractivity contribution in [2.45, 2.75) is 19.8 Å². The lowest BCUT2D eigenvalue weighted by atomic mass is 9.92. The Kier molecular flexibility index (Phi) is 4.99. The molecule has 0 saturated carbocycles. The van der Waals surface area contributed by atoms with E-state index in [1.165, 1.54) is 7.11 Å². The fourth-order valence-electron chi connectivity index (χ4n) is 1.65. The van der Waals surface area contributed by atoms with Crippen molar-refractivity contribution >= 4 is 17.4 Å². The smallest absolute Gasteiger partial charge is 0.172 e. The van der Waals surface area contributed by atoms with E-state index in [0.29, 0.717) is 22.8 Å². The summed E-state index contributed by atoms with van der Waals surface area (Å²) >= 11 is 6.02. The highest BCUT2D eigenvalue weighted by atomic mass is 35.5. The van der Waals surface area contributed by atoms with Gasteiger partial charge in [0.2, 0.25) is 0 Å². The van der Waals surface area contributed by atoms with E-state index >= 15 is 0 Å². The number of nitriles is 1. The molecule has 0 amide bonds. The van der Waals surface area contributed by atoms with Crippen molar-refractivity contribution in [1.29, 1.82) is 5.26 Å². The molecule has 0 aliphatic heterocycles. The average Bonchev–Trinajstić information content (AvgIpc) is 2.34. The molecule has 0 spiro atoms. The van der Waals surface area contributed by atoms with Crippen LogP contribution >= 0.6 is 11.6 Å². The van der Waals surface area contributed by atoms with Crippen LogP contribution in [-0.4, -0.2) is 12.9 Å². The molecule has 90 valence electrons. The summed E-state index contributed by atoms with van der Waals surface area (Å²) in [5, 5.41) is 9.06. The third kappa shape index (κ3) is 2.98. The van der Waals surface area contributed by atoms with Gasteiger partial charge in [-0.3, -0.25) is 4.79 Å². The van der Waals surface area contributed by atoms with Gasteiger partial charge in [-0.25, -0.2) is 0 Å². The summed E-state index contributed by atoms with van der Waals surface area (Å²) in [6.07, 6.45) is 0.810. The Labute approximate surface area is 106 Å². The van der Waals surface area contributed by atoms with Crippen LogP contribution in [0.25, 0.3) is 0 Å². The summed E-state index contributed by atoms with van der Waals surface area (Å²) in [6.45, 7) is 1.88. The van der Waals surface area contributed by atoms with Crippen molar-refractivity contribution in [2.24, 2.45) is 5.92 Å². The van der Waals surface area contributed by atoms with Crippen molar-refractivity contribution in [2.75, 3.05) is 7.11 Å². The second-order valence-corrected chi connectivity index (χ2v) is 4.06. The number of hydrogen-bond donors (Lipinski definition) is 0. The van der Waals surface area contributed by atoms with Crippen LogP contribution in [0.5, 0.6) is 5.75 Å². The van der Waals surface area contributed by atoms with Gasteiger partial charge < -0.3 is 4.74 Å². The Morgan fingerprint density at radius 2 is 2.29 bits per heavy atom.